The van der Waals surface area contributed by atoms with E-state index in [-0.39, 0.29) is 12.2 Å². The molecule has 3 rings (SSSR count). The van der Waals surface area contributed by atoms with Crippen molar-refractivity contribution in [3.63, 3.8) is 0 Å². The van der Waals surface area contributed by atoms with Crippen LogP contribution in [-0.4, -0.2) is 22.4 Å². The van der Waals surface area contributed by atoms with Gasteiger partial charge in [0.15, 0.2) is 0 Å². The van der Waals surface area contributed by atoms with Crippen LogP contribution in [0, 0.1) is 0 Å². The second kappa shape index (κ2) is 13.9. The molecule has 0 unspecified atom stereocenters. The summed E-state index contributed by atoms with van der Waals surface area (Å²) in [5, 5.41) is 16.1. The summed E-state index contributed by atoms with van der Waals surface area (Å²) < 4.78 is 7.14. The van der Waals surface area contributed by atoms with Gasteiger partial charge in [-0.15, -0.1) is 0 Å². The summed E-state index contributed by atoms with van der Waals surface area (Å²) in [7, 11) is 0. The SMILES string of the molecule is CC(C)O.CC(C)O.CCCCC1=CC[C]([Hf]2([C]3=CC(CCCC)=CC3)[CH2][CH2]2)=C1. The first-order valence-electron chi connectivity index (χ1n) is 11.9. The van der Waals surface area contributed by atoms with E-state index in [1.54, 1.807) is 47.2 Å². The van der Waals surface area contributed by atoms with Gasteiger partial charge in [-0.25, -0.2) is 0 Å². The molecule has 2 aliphatic carbocycles. The zero-order valence-corrected chi connectivity index (χ0v) is 23.5. The van der Waals surface area contributed by atoms with Gasteiger partial charge in [0.25, 0.3) is 0 Å². The Bertz CT molecular complexity index is 549. The second-order valence-corrected chi connectivity index (χ2v) is 25.3. The molecule has 1 fully saturated rings. The summed E-state index contributed by atoms with van der Waals surface area (Å²) in [6, 6.07) is 0. The monoisotopic (exact) mass is 570 g/mol. The molecule has 2 N–H and O–H groups in total. The third-order valence-corrected chi connectivity index (χ3v) is 22.2. The first kappa shape index (κ1) is 26.8. The van der Waals surface area contributed by atoms with Crippen LogP contribution in [0.4, 0.5) is 0 Å². The van der Waals surface area contributed by atoms with Crippen LogP contribution in [-0.2, 0) is 20.0 Å². The molecule has 0 amide bonds. The van der Waals surface area contributed by atoms with Gasteiger partial charge < -0.3 is 10.2 Å². The molecule has 0 atom stereocenters. The van der Waals surface area contributed by atoms with Gasteiger partial charge in [0.05, 0.1) is 0 Å². The van der Waals surface area contributed by atoms with Gasteiger partial charge in [-0.2, -0.15) is 0 Å². The Hall–Kier alpha value is -0.250. The standard InChI is InChI=1S/2C9H13.2C3H8O.C2H4.Hf/c2*1-2-3-6-9-7-4-5-8-9;2*1-3(2)4;1-2;/h2*7-8H,2-4,6H2,1H3;2*3-4H,1-2H3;1-2H2;. The number of hydrogen-bond acceptors (Lipinski definition) is 2. The minimum absolute atomic E-state index is 0.167. The Balaban J connectivity index is 0.000000452. The average molecular weight is 569 g/mol. The third kappa shape index (κ3) is 10.1. The second-order valence-electron chi connectivity index (χ2n) is 9.28. The Kier molecular flexibility index (Phi) is 12.9. The fourth-order valence-corrected chi connectivity index (χ4v) is 25.1. The van der Waals surface area contributed by atoms with Crippen LogP contribution in [0.5, 0.6) is 0 Å². The van der Waals surface area contributed by atoms with Crippen molar-refractivity contribution in [1.82, 2.24) is 0 Å². The molecule has 3 heteroatoms. The number of aliphatic hydroxyl groups excluding tert-OH is 2. The summed E-state index contributed by atoms with van der Waals surface area (Å²) in [6.45, 7) is 11.5. The molecule has 1 aliphatic heterocycles. The van der Waals surface area contributed by atoms with Crippen molar-refractivity contribution < 1.29 is 30.2 Å². The zero-order valence-electron chi connectivity index (χ0n) is 19.9. The van der Waals surface area contributed by atoms with Crippen LogP contribution in [0.1, 0.15) is 92.9 Å². The van der Waals surface area contributed by atoms with Gasteiger partial charge in [-0.3, -0.25) is 0 Å². The zero-order chi connectivity index (χ0) is 21.9. The summed E-state index contributed by atoms with van der Waals surface area (Å²) >= 11 is -2.10. The number of hydrogen-bond donors (Lipinski definition) is 2. The van der Waals surface area contributed by atoms with E-state index in [0.717, 1.165) is 0 Å². The van der Waals surface area contributed by atoms with Crippen molar-refractivity contribution >= 4 is 0 Å². The van der Waals surface area contributed by atoms with E-state index in [2.05, 4.69) is 38.2 Å². The first-order chi connectivity index (χ1) is 13.7. The van der Waals surface area contributed by atoms with Crippen molar-refractivity contribution in [1.29, 1.82) is 0 Å². The molecule has 1 saturated heterocycles. The van der Waals surface area contributed by atoms with Crippen molar-refractivity contribution in [2.24, 2.45) is 0 Å². The fraction of sp³-hybridized carbons (Fsp3) is 0.692. The Labute approximate surface area is 185 Å². The van der Waals surface area contributed by atoms with E-state index in [4.69, 9.17) is 10.2 Å². The summed E-state index contributed by atoms with van der Waals surface area (Å²) in [5.74, 6) is 0. The van der Waals surface area contributed by atoms with Crippen molar-refractivity contribution in [3.05, 3.63) is 42.1 Å². The molecule has 0 aromatic carbocycles. The summed E-state index contributed by atoms with van der Waals surface area (Å²) in [6.07, 6.45) is 20.7. The van der Waals surface area contributed by atoms with Crippen LogP contribution in [0.15, 0.2) is 42.1 Å². The molecule has 166 valence electrons. The Morgan fingerprint density at radius 1 is 0.759 bits per heavy atom. The molecule has 0 bridgehead atoms. The summed E-state index contributed by atoms with van der Waals surface area (Å²) in [5.41, 5.74) is 3.33. The van der Waals surface area contributed by atoms with E-state index in [1.807, 2.05) is 6.66 Å². The quantitative estimate of drug-likeness (QED) is 0.296. The first-order valence-corrected chi connectivity index (χ1v) is 20.6. The summed E-state index contributed by atoms with van der Waals surface area (Å²) in [4.78, 5) is 0. The Morgan fingerprint density at radius 2 is 1.10 bits per heavy atom. The molecule has 0 aromatic heterocycles. The Morgan fingerprint density at radius 3 is 1.38 bits per heavy atom. The van der Waals surface area contributed by atoms with Crippen LogP contribution < -0.4 is 0 Å². The minimum atomic E-state index is -2.10. The maximum absolute atomic E-state index is 8.06. The molecule has 2 nitrogen and oxygen atoms in total. The van der Waals surface area contributed by atoms with Gasteiger partial charge >= 0.3 is 136 Å². The molecule has 0 saturated carbocycles. The van der Waals surface area contributed by atoms with E-state index >= 15 is 0 Å². The van der Waals surface area contributed by atoms with Crippen molar-refractivity contribution in [2.45, 2.75) is 113 Å². The predicted molar refractivity (Wildman–Crippen MR) is 125 cm³/mol. The molecule has 1 heterocycles. The van der Waals surface area contributed by atoms with E-state index in [9.17, 15) is 0 Å². The van der Waals surface area contributed by atoms with Gasteiger partial charge in [0.1, 0.15) is 0 Å². The molecule has 29 heavy (non-hydrogen) atoms. The molecule has 0 spiro atoms. The van der Waals surface area contributed by atoms with E-state index < -0.39 is 20.0 Å². The van der Waals surface area contributed by atoms with E-state index in [0.29, 0.717) is 0 Å². The number of unbranched alkanes of at least 4 members (excludes halogenated alkanes) is 2. The van der Waals surface area contributed by atoms with Gasteiger partial charge in [-0.05, 0) is 27.7 Å². The third-order valence-electron chi connectivity index (χ3n) is 5.50. The average Bonchev–Trinajstić information content (AvgIpc) is 3.08. The molecule has 3 aliphatic rings. The predicted octanol–water partition coefficient (Wildman–Crippen LogP) is 7.57. The number of aliphatic hydroxyl groups is 2. The molecular weight excluding hydrogens is 523 g/mol. The van der Waals surface area contributed by atoms with Gasteiger partial charge in [0.2, 0.25) is 0 Å². The van der Waals surface area contributed by atoms with Crippen LogP contribution >= 0.6 is 0 Å². The molecule has 0 aromatic rings. The van der Waals surface area contributed by atoms with Crippen molar-refractivity contribution in [3.8, 4) is 0 Å². The number of rotatable bonds is 8. The van der Waals surface area contributed by atoms with Crippen LogP contribution in [0.2, 0.25) is 8.35 Å². The molecule has 0 radical (unpaired) electrons. The normalized spacial score (nSPS) is 19.0. The van der Waals surface area contributed by atoms with Crippen LogP contribution in [0.3, 0.4) is 0 Å². The van der Waals surface area contributed by atoms with Gasteiger partial charge in [0, 0.05) is 12.2 Å². The topological polar surface area (TPSA) is 40.5 Å². The van der Waals surface area contributed by atoms with E-state index in [1.165, 1.54) is 51.4 Å². The van der Waals surface area contributed by atoms with Crippen LogP contribution in [0.25, 0.3) is 0 Å². The number of allylic oxidation sites excluding steroid dienone is 8. The molecular formula is C26H46HfO2. The van der Waals surface area contributed by atoms with Gasteiger partial charge in [-0.1, -0.05) is 0 Å². The van der Waals surface area contributed by atoms with Crippen molar-refractivity contribution in [2.75, 3.05) is 0 Å². The maximum atomic E-state index is 8.06. The fourth-order valence-electron chi connectivity index (χ4n) is 3.92.